The maximum absolute atomic E-state index is 13.9. The molecule has 0 bridgehead atoms. The minimum atomic E-state index is -3.73. The fraction of sp³-hybridized carbons (Fsp3) is 0.500. The molecule has 10 nitrogen and oxygen atoms in total. The normalized spacial score (nSPS) is 18.3. The van der Waals surface area contributed by atoms with Gasteiger partial charge in [0.15, 0.2) is 5.76 Å². The molecule has 2 aliphatic heterocycles. The minimum Gasteiger partial charge on any atom is -0.360 e. The van der Waals surface area contributed by atoms with Crippen molar-refractivity contribution in [3.63, 3.8) is 0 Å². The van der Waals surface area contributed by atoms with E-state index in [4.69, 9.17) is 4.52 Å². The Kier molecular flexibility index (Phi) is 7.01. The average Bonchev–Trinajstić information content (AvgIpc) is 3.18. The molecule has 2 saturated heterocycles. The molecule has 0 aliphatic carbocycles. The Morgan fingerprint density at radius 1 is 0.971 bits per heavy atom. The van der Waals surface area contributed by atoms with Gasteiger partial charge in [0.25, 0.3) is 5.91 Å². The van der Waals surface area contributed by atoms with Crippen molar-refractivity contribution >= 4 is 21.8 Å². The molecular formula is C22H28FN5O5S. The molecule has 1 aromatic carbocycles. The van der Waals surface area contributed by atoms with E-state index >= 15 is 0 Å². The van der Waals surface area contributed by atoms with E-state index in [2.05, 4.69) is 5.16 Å². The minimum absolute atomic E-state index is 0.0523. The molecule has 0 radical (unpaired) electrons. The van der Waals surface area contributed by atoms with E-state index in [9.17, 15) is 22.4 Å². The first-order chi connectivity index (χ1) is 16.2. The molecule has 2 fully saturated rings. The SMILES string of the molecule is Cc1noc(C)c1S(=O)(=O)N1CCN(C(=O)CN2CCN(C(=O)c3ccccc3F)CC2)CC1. The Bertz CT molecular complexity index is 1150. The standard InChI is InChI=1S/C22H28FN5O5S/c1-16-21(17(2)33-24-16)34(31,32)28-13-11-26(12-14-28)20(29)15-25-7-9-27(10-8-25)22(30)18-5-3-4-6-19(18)23/h3-6H,7-15H2,1-2H3. The van der Waals surface area contributed by atoms with Crippen molar-refractivity contribution in [1.29, 1.82) is 0 Å². The first-order valence-electron chi connectivity index (χ1n) is 11.2. The summed E-state index contributed by atoms with van der Waals surface area (Å²) in [6, 6.07) is 5.91. The van der Waals surface area contributed by atoms with Crippen LogP contribution < -0.4 is 0 Å². The second-order valence-corrected chi connectivity index (χ2v) is 10.4. The third-order valence-electron chi connectivity index (χ3n) is 6.28. The lowest BCUT2D eigenvalue weighted by Gasteiger charge is -2.37. The Hall–Kier alpha value is -2.83. The van der Waals surface area contributed by atoms with Gasteiger partial charge >= 0.3 is 0 Å². The molecule has 12 heteroatoms. The van der Waals surface area contributed by atoms with Crippen LogP contribution in [0.2, 0.25) is 0 Å². The third kappa shape index (κ3) is 4.84. The number of hydrogen-bond donors (Lipinski definition) is 0. The predicted octanol–water partition coefficient (Wildman–Crippen LogP) is 0.721. The maximum Gasteiger partial charge on any atom is 0.256 e. The van der Waals surface area contributed by atoms with Gasteiger partial charge in [-0.25, -0.2) is 12.8 Å². The molecule has 0 N–H and O–H groups in total. The molecule has 2 aliphatic rings. The number of halogens is 1. The number of carbonyl (C=O) groups is 2. The molecule has 34 heavy (non-hydrogen) atoms. The van der Waals surface area contributed by atoms with Gasteiger partial charge in [0, 0.05) is 52.4 Å². The second-order valence-electron chi connectivity index (χ2n) is 8.49. The number of nitrogens with zero attached hydrogens (tertiary/aromatic N) is 5. The van der Waals surface area contributed by atoms with Gasteiger partial charge < -0.3 is 14.3 Å². The monoisotopic (exact) mass is 493 g/mol. The summed E-state index contributed by atoms with van der Waals surface area (Å²) in [6.45, 7) is 6.17. The number of amides is 2. The van der Waals surface area contributed by atoms with E-state index in [1.807, 2.05) is 4.90 Å². The lowest BCUT2D eigenvalue weighted by atomic mass is 10.1. The highest BCUT2D eigenvalue weighted by Gasteiger charge is 2.34. The van der Waals surface area contributed by atoms with Crippen molar-refractivity contribution in [2.24, 2.45) is 0 Å². The summed E-state index contributed by atoms with van der Waals surface area (Å²) in [5.74, 6) is -0.716. The molecule has 0 spiro atoms. The number of benzene rings is 1. The predicted molar refractivity (Wildman–Crippen MR) is 120 cm³/mol. The summed E-state index contributed by atoms with van der Waals surface area (Å²) in [5.41, 5.74) is 0.375. The van der Waals surface area contributed by atoms with Crippen LogP contribution in [-0.2, 0) is 14.8 Å². The van der Waals surface area contributed by atoms with Crippen molar-refractivity contribution in [1.82, 2.24) is 24.2 Å². The van der Waals surface area contributed by atoms with Crippen LogP contribution in [0, 0.1) is 19.7 Å². The van der Waals surface area contributed by atoms with Crippen LogP contribution in [-0.4, -0.2) is 103 Å². The topological polar surface area (TPSA) is 107 Å². The van der Waals surface area contributed by atoms with Crippen LogP contribution in [0.4, 0.5) is 4.39 Å². The molecule has 2 aromatic rings. The number of rotatable bonds is 5. The Morgan fingerprint density at radius 2 is 1.59 bits per heavy atom. The van der Waals surface area contributed by atoms with Gasteiger partial charge in [0.05, 0.1) is 12.1 Å². The van der Waals surface area contributed by atoms with Crippen LogP contribution in [0.1, 0.15) is 21.8 Å². The van der Waals surface area contributed by atoms with Crippen molar-refractivity contribution in [3.8, 4) is 0 Å². The second kappa shape index (κ2) is 9.80. The van der Waals surface area contributed by atoms with E-state index in [-0.39, 0.29) is 47.7 Å². The zero-order valence-corrected chi connectivity index (χ0v) is 20.1. The fourth-order valence-electron chi connectivity index (χ4n) is 4.36. The zero-order valence-electron chi connectivity index (χ0n) is 19.2. The quantitative estimate of drug-likeness (QED) is 0.604. The molecule has 0 unspecified atom stereocenters. The lowest BCUT2D eigenvalue weighted by Crippen LogP contribution is -2.55. The summed E-state index contributed by atoms with van der Waals surface area (Å²) in [6.07, 6.45) is 0. The van der Waals surface area contributed by atoms with E-state index in [1.165, 1.54) is 16.4 Å². The largest absolute Gasteiger partial charge is 0.360 e. The van der Waals surface area contributed by atoms with E-state index in [0.29, 0.717) is 45.0 Å². The van der Waals surface area contributed by atoms with Gasteiger partial charge in [0.1, 0.15) is 16.4 Å². The highest BCUT2D eigenvalue weighted by molar-refractivity contribution is 7.89. The van der Waals surface area contributed by atoms with E-state index in [1.54, 1.807) is 35.8 Å². The maximum atomic E-state index is 13.9. The van der Waals surface area contributed by atoms with Crippen molar-refractivity contribution in [2.75, 3.05) is 58.9 Å². The number of piperazine rings is 2. The first kappa shape index (κ1) is 24.3. The van der Waals surface area contributed by atoms with Gasteiger partial charge in [-0.15, -0.1) is 0 Å². The van der Waals surface area contributed by atoms with E-state index < -0.39 is 15.8 Å². The number of hydrogen-bond acceptors (Lipinski definition) is 7. The van der Waals surface area contributed by atoms with Crippen molar-refractivity contribution in [2.45, 2.75) is 18.7 Å². The summed E-state index contributed by atoms with van der Waals surface area (Å²) >= 11 is 0. The first-order valence-corrected chi connectivity index (χ1v) is 12.6. The molecule has 3 heterocycles. The van der Waals surface area contributed by atoms with Crippen LogP contribution in [0.5, 0.6) is 0 Å². The molecule has 4 rings (SSSR count). The molecule has 184 valence electrons. The van der Waals surface area contributed by atoms with Gasteiger partial charge in [-0.05, 0) is 26.0 Å². The summed E-state index contributed by atoms with van der Waals surface area (Å²) in [5, 5.41) is 3.73. The number of carbonyl (C=O) groups excluding carboxylic acids is 2. The number of aryl methyl sites for hydroxylation is 2. The van der Waals surface area contributed by atoms with Crippen LogP contribution in [0.25, 0.3) is 0 Å². The van der Waals surface area contributed by atoms with Crippen LogP contribution in [0.3, 0.4) is 0 Å². The third-order valence-corrected chi connectivity index (χ3v) is 8.42. The summed E-state index contributed by atoms with van der Waals surface area (Å²) < 4.78 is 46.2. The van der Waals surface area contributed by atoms with Gasteiger partial charge in [-0.2, -0.15) is 4.31 Å². The van der Waals surface area contributed by atoms with Crippen LogP contribution in [0.15, 0.2) is 33.7 Å². The molecule has 0 atom stereocenters. The number of aromatic nitrogens is 1. The fourth-order valence-corrected chi connectivity index (χ4v) is 6.07. The Labute approximate surface area is 197 Å². The lowest BCUT2D eigenvalue weighted by molar-refractivity contribution is -0.133. The highest BCUT2D eigenvalue weighted by atomic mass is 32.2. The average molecular weight is 494 g/mol. The molecule has 1 aromatic heterocycles. The Morgan fingerprint density at radius 3 is 2.18 bits per heavy atom. The van der Waals surface area contributed by atoms with Crippen LogP contribution >= 0.6 is 0 Å². The Balaban J connectivity index is 1.27. The van der Waals surface area contributed by atoms with Crippen molar-refractivity contribution < 1.29 is 26.9 Å². The highest BCUT2D eigenvalue weighted by Crippen LogP contribution is 2.24. The smallest absolute Gasteiger partial charge is 0.256 e. The van der Waals surface area contributed by atoms with Crippen molar-refractivity contribution in [3.05, 3.63) is 47.1 Å². The van der Waals surface area contributed by atoms with Gasteiger partial charge in [-0.1, -0.05) is 17.3 Å². The van der Waals surface area contributed by atoms with E-state index in [0.717, 1.165) is 0 Å². The summed E-state index contributed by atoms with van der Waals surface area (Å²) in [7, 11) is -3.73. The summed E-state index contributed by atoms with van der Waals surface area (Å²) in [4.78, 5) is 30.7. The van der Waals surface area contributed by atoms with Gasteiger partial charge in [-0.3, -0.25) is 14.5 Å². The molecular weight excluding hydrogens is 465 g/mol. The zero-order chi connectivity index (χ0) is 24.5. The molecule has 0 saturated carbocycles. The molecule has 2 amide bonds. The van der Waals surface area contributed by atoms with Gasteiger partial charge in [0.2, 0.25) is 15.9 Å². The number of sulfonamides is 1.